The van der Waals surface area contributed by atoms with Crippen LogP contribution in [0.15, 0.2) is 42.7 Å². The molecule has 2 amide bonds. The van der Waals surface area contributed by atoms with Crippen LogP contribution in [0, 0.1) is 0 Å². The molecule has 0 atom stereocenters. The van der Waals surface area contributed by atoms with E-state index >= 15 is 0 Å². The number of benzene rings is 1. The van der Waals surface area contributed by atoms with Crippen molar-refractivity contribution in [2.24, 2.45) is 0 Å². The SMILES string of the molecule is COCCCNC(=O)c1cncc(C(=O)Nc2ccccc2C(F)(F)F)c1. The van der Waals surface area contributed by atoms with Crippen LogP contribution in [0.4, 0.5) is 18.9 Å². The van der Waals surface area contributed by atoms with E-state index in [9.17, 15) is 22.8 Å². The van der Waals surface area contributed by atoms with Crippen LogP contribution >= 0.6 is 0 Å². The molecule has 1 aromatic carbocycles. The number of alkyl halides is 3. The highest BCUT2D eigenvalue weighted by Gasteiger charge is 2.33. The van der Waals surface area contributed by atoms with Gasteiger partial charge in [0.1, 0.15) is 0 Å². The number of rotatable bonds is 7. The van der Waals surface area contributed by atoms with E-state index in [1.165, 1.54) is 30.6 Å². The van der Waals surface area contributed by atoms with E-state index in [0.717, 1.165) is 12.1 Å². The van der Waals surface area contributed by atoms with Gasteiger partial charge in [0.25, 0.3) is 11.8 Å². The molecule has 0 fully saturated rings. The Labute approximate surface area is 153 Å². The number of nitrogens with zero attached hydrogens (tertiary/aromatic N) is 1. The smallest absolute Gasteiger partial charge is 0.385 e. The zero-order valence-corrected chi connectivity index (χ0v) is 14.5. The second-order valence-electron chi connectivity index (χ2n) is 5.56. The lowest BCUT2D eigenvalue weighted by Crippen LogP contribution is -2.26. The highest BCUT2D eigenvalue weighted by atomic mass is 19.4. The van der Waals surface area contributed by atoms with E-state index in [4.69, 9.17) is 4.74 Å². The minimum Gasteiger partial charge on any atom is -0.385 e. The first-order valence-electron chi connectivity index (χ1n) is 8.02. The van der Waals surface area contributed by atoms with Gasteiger partial charge in [-0.05, 0) is 24.6 Å². The fourth-order valence-corrected chi connectivity index (χ4v) is 2.24. The number of hydrogen-bond acceptors (Lipinski definition) is 4. The Kier molecular flexibility index (Phi) is 6.89. The third-order valence-corrected chi connectivity index (χ3v) is 3.55. The minimum absolute atomic E-state index is 0.0310. The summed E-state index contributed by atoms with van der Waals surface area (Å²) in [6.45, 7) is 0.863. The second kappa shape index (κ2) is 9.13. The van der Waals surface area contributed by atoms with Gasteiger partial charge in [-0.15, -0.1) is 0 Å². The monoisotopic (exact) mass is 381 g/mol. The Morgan fingerprint density at radius 1 is 1.11 bits per heavy atom. The molecule has 2 aromatic rings. The summed E-state index contributed by atoms with van der Waals surface area (Å²) in [6.07, 6.45) is -1.55. The number of carbonyl (C=O) groups excluding carboxylic acids is 2. The number of pyridine rings is 1. The summed E-state index contributed by atoms with van der Waals surface area (Å²) >= 11 is 0. The Balaban J connectivity index is 2.11. The summed E-state index contributed by atoms with van der Waals surface area (Å²) < 4.78 is 43.9. The standard InChI is InChI=1S/C18H18F3N3O3/c1-27-8-4-7-23-16(25)12-9-13(11-22-10-12)17(26)24-15-6-3-2-5-14(15)18(19,20)21/h2-3,5-6,9-11H,4,7-8H2,1H3,(H,23,25)(H,24,26). The number of para-hydroxylation sites is 1. The maximum atomic E-state index is 13.0. The average Bonchev–Trinajstić information content (AvgIpc) is 2.64. The van der Waals surface area contributed by atoms with Crippen LogP contribution in [-0.2, 0) is 10.9 Å². The number of nitrogens with one attached hydrogen (secondary N) is 2. The van der Waals surface area contributed by atoms with Crippen LogP contribution in [0.5, 0.6) is 0 Å². The summed E-state index contributed by atoms with van der Waals surface area (Å²) in [5.41, 5.74) is -1.23. The first-order valence-corrected chi connectivity index (χ1v) is 8.02. The van der Waals surface area contributed by atoms with Gasteiger partial charge in [-0.2, -0.15) is 13.2 Å². The first-order chi connectivity index (χ1) is 12.8. The fourth-order valence-electron chi connectivity index (χ4n) is 2.24. The van der Waals surface area contributed by atoms with Crippen molar-refractivity contribution in [1.29, 1.82) is 0 Å². The number of ether oxygens (including phenoxy) is 1. The average molecular weight is 381 g/mol. The molecule has 0 saturated heterocycles. The number of aromatic nitrogens is 1. The van der Waals surface area contributed by atoms with Gasteiger partial charge in [-0.25, -0.2) is 0 Å². The molecule has 144 valence electrons. The van der Waals surface area contributed by atoms with Crippen LogP contribution in [0.2, 0.25) is 0 Å². The Morgan fingerprint density at radius 2 is 1.78 bits per heavy atom. The van der Waals surface area contributed by atoms with Crippen LogP contribution < -0.4 is 10.6 Å². The molecule has 27 heavy (non-hydrogen) atoms. The summed E-state index contributed by atoms with van der Waals surface area (Å²) in [7, 11) is 1.55. The minimum atomic E-state index is -4.61. The highest BCUT2D eigenvalue weighted by molar-refractivity contribution is 6.06. The maximum Gasteiger partial charge on any atom is 0.418 e. The molecular formula is C18H18F3N3O3. The third-order valence-electron chi connectivity index (χ3n) is 3.55. The lowest BCUT2D eigenvalue weighted by atomic mass is 10.1. The quantitative estimate of drug-likeness (QED) is 0.723. The van der Waals surface area contributed by atoms with E-state index < -0.39 is 23.6 Å². The Hall–Kier alpha value is -2.94. The van der Waals surface area contributed by atoms with Crippen molar-refractivity contribution in [3.05, 3.63) is 59.4 Å². The van der Waals surface area contributed by atoms with E-state index in [2.05, 4.69) is 15.6 Å². The topological polar surface area (TPSA) is 80.3 Å². The number of anilines is 1. The number of hydrogen-bond donors (Lipinski definition) is 2. The molecule has 0 aliphatic heterocycles. The van der Waals surface area contributed by atoms with E-state index in [0.29, 0.717) is 19.6 Å². The summed E-state index contributed by atoms with van der Waals surface area (Å²) in [5, 5.41) is 4.85. The molecular weight excluding hydrogens is 363 g/mol. The van der Waals surface area contributed by atoms with Gasteiger partial charge in [0.15, 0.2) is 0 Å². The molecule has 0 aliphatic rings. The largest absolute Gasteiger partial charge is 0.418 e. The van der Waals surface area contributed by atoms with Crippen molar-refractivity contribution in [3.8, 4) is 0 Å². The molecule has 2 rings (SSSR count). The Bertz CT molecular complexity index is 810. The lowest BCUT2D eigenvalue weighted by molar-refractivity contribution is -0.136. The molecule has 0 unspecified atom stereocenters. The molecule has 0 saturated carbocycles. The number of amides is 2. The van der Waals surface area contributed by atoms with Crippen molar-refractivity contribution >= 4 is 17.5 Å². The van der Waals surface area contributed by atoms with Crippen molar-refractivity contribution in [2.45, 2.75) is 12.6 Å². The van der Waals surface area contributed by atoms with E-state index in [1.807, 2.05) is 0 Å². The molecule has 0 spiro atoms. The number of halogens is 3. The second-order valence-corrected chi connectivity index (χ2v) is 5.56. The first kappa shape index (κ1) is 20.4. The predicted octanol–water partition coefficient (Wildman–Crippen LogP) is 3.12. The predicted molar refractivity (Wildman–Crippen MR) is 92.5 cm³/mol. The van der Waals surface area contributed by atoms with Gasteiger partial charge in [-0.1, -0.05) is 12.1 Å². The number of methoxy groups -OCH3 is 1. The molecule has 0 radical (unpaired) electrons. The van der Waals surface area contributed by atoms with Crippen LogP contribution in [0.3, 0.4) is 0 Å². The molecule has 1 heterocycles. The van der Waals surface area contributed by atoms with Gasteiger partial charge in [0, 0.05) is 32.7 Å². The molecule has 0 aliphatic carbocycles. The molecule has 0 bridgehead atoms. The molecule has 6 nitrogen and oxygen atoms in total. The normalized spacial score (nSPS) is 11.1. The van der Waals surface area contributed by atoms with Crippen LogP contribution in [-0.4, -0.2) is 37.1 Å². The Morgan fingerprint density at radius 3 is 2.44 bits per heavy atom. The summed E-state index contributed by atoms with van der Waals surface area (Å²) in [6, 6.07) is 5.91. The fraction of sp³-hybridized carbons (Fsp3) is 0.278. The summed E-state index contributed by atoms with van der Waals surface area (Å²) in [5.74, 6) is -1.24. The van der Waals surface area contributed by atoms with Crippen LogP contribution in [0.1, 0.15) is 32.7 Å². The van der Waals surface area contributed by atoms with Gasteiger partial charge in [0.05, 0.1) is 22.4 Å². The molecule has 9 heteroatoms. The zero-order chi connectivity index (χ0) is 19.9. The molecule has 1 aromatic heterocycles. The molecule has 2 N–H and O–H groups in total. The maximum absolute atomic E-state index is 13.0. The summed E-state index contributed by atoms with van der Waals surface area (Å²) in [4.78, 5) is 28.2. The van der Waals surface area contributed by atoms with Gasteiger partial charge < -0.3 is 15.4 Å². The zero-order valence-electron chi connectivity index (χ0n) is 14.5. The van der Waals surface area contributed by atoms with E-state index in [1.54, 1.807) is 7.11 Å². The van der Waals surface area contributed by atoms with Gasteiger partial charge in [-0.3, -0.25) is 14.6 Å². The lowest BCUT2D eigenvalue weighted by Gasteiger charge is -2.13. The van der Waals surface area contributed by atoms with Crippen molar-refractivity contribution < 1.29 is 27.5 Å². The third kappa shape index (κ3) is 5.78. The van der Waals surface area contributed by atoms with Crippen LogP contribution in [0.25, 0.3) is 0 Å². The van der Waals surface area contributed by atoms with Crippen molar-refractivity contribution in [1.82, 2.24) is 10.3 Å². The van der Waals surface area contributed by atoms with E-state index in [-0.39, 0.29) is 16.8 Å². The highest BCUT2D eigenvalue weighted by Crippen LogP contribution is 2.34. The van der Waals surface area contributed by atoms with Crippen molar-refractivity contribution in [2.75, 3.05) is 25.6 Å². The van der Waals surface area contributed by atoms with Crippen molar-refractivity contribution in [3.63, 3.8) is 0 Å². The van der Waals surface area contributed by atoms with Gasteiger partial charge >= 0.3 is 6.18 Å². The number of carbonyl (C=O) groups is 2. The van der Waals surface area contributed by atoms with Gasteiger partial charge in [0.2, 0.25) is 0 Å².